The van der Waals surface area contributed by atoms with E-state index in [-0.39, 0.29) is 17.7 Å². The molecule has 1 aliphatic heterocycles. The van der Waals surface area contributed by atoms with Crippen LogP contribution in [0.25, 0.3) is 5.57 Å². The lowest BCUT2D eigenvalue weighted by atomic mass is 9.91. The number of ether oxygens (including phenoxy) is 1. The Balaban J connectivity index is 2.11. The molecule has 2 amide bonds. The fraction of sp³-hybridized carbons (Fsp3) is 0.450. The average molecular weight is 388 g/mol. The smallest absolute Gasteiger partial charge is 0.316 e. The average Bonchev–Trinajstić information content (AvgIpc) is 3.47. The summed E-state index contributed by atoms with van der Waals surface area (Å²) in [6.07, 6.45) is 3.88. The lowest BCUT2D eigenvalue weighted by molar-refractivity contribution is -0.132. The van der Waals surface area contributed by atoms with Gasteiger partial charge in [0, 0.05) is 48.1 Å². The van der Waals surface area contributed by atoms with E-state index in [1.807, 2.05) is 6.92 Å². The number of carbonyl (C=O) groups excluding carboxylic acids is 2. The summed E-state index contributed by atoms with van der Waals surface area (Å²) in [5.74, 6) is -1.21. The molecule has 0 aromatic heterocycles. The van der Waals surface area contributed by atoms with Gasteiger partial charge in [0.05, 0.1) is 5.69 Å². The third-order valence-corrected chi connectivity index (χ3v) is 5.05. The Labute approximate surface area is 163 Å². The molecule has 1 aliphatic carbocycles. The van der Waals surface area contributed by atoms with Gasteiger partial charge in [-0.15, -0.1) is 0 Å². The predicted octanol–water partition coefficient (Wildman–Crippen LogP) is 2.28. The zero-order chi connectivity index (χ0) is 20.4. The van der Waals surface area contributed by atoms with E-state index in [1.165, 1.54) is 6.92 Å². The molecule has 2 atom stereocenters. The van der Waals surface area contributed by atoms with E-state index < -0.39 is 12.3 Å². The molecule has 8 heteroatoms. The lowest BCUT2D eigenvalue weighted by Crippen LogP contribution is -2.41. The van der Waals surface area contributed by atoms with Crippen LogP contribution < -0.4 is 20.7 Å². The van der Waals surface area contributed by atoms with Crippen molar-refractivity contribution in [3.63, 3.8) is 0 Å². The first-order chi connectivity index (χ1) is 13.3. The number of nitrogens with two attached hydrogens (primary N) is 1. The highest BCUT2D eigenvalue weighted by Crippen LogP contribution is 2.41. The molecule has 0 spiro atoms. The fourth-order valence-electron chi connectivity index (χ4n) is 3.46. The summed E-state index contributed by atoms with van der Waals surface area (Å²) >= 11 is 0. The molecule has 0 bridgehead atoms. The second kappa shape index (κ2) is 8.00. The van der Waals surface area contributed by atoms with Crippen LogP contribution in [0.1, 0.15) is 44.2 Å². The molecule has 150 valence electrons. The van der Waals surface area contributed by atoms with Gasteiger partial charge in [-0.3, -0.25) is 9.59 Å². The van der Waals surface area contributed by atoms with Gasteiger partial charge in [0.2, 0.25) is 5.91 Å². The number of amides is 2. The largest absolute Gasteiger partial charge is 0.451 e. The second-order valence-corrected chi connectivity index (χ2v) is 7.24. The molecule has 1 aromatic rings. The van der Waals surface area contributed by atoms with Crippen molar-refractivity contribution in [2.45, 2.75) is 58.0 Å². The maximum Gasteiger partial charge on any atom is 0.316 e. The molecular formula is C20H25FN4O3. The Morgan fingerprint density at radius 3 is 2.68 bits per heavy atom. The van der Waals surface area contributed by atoms with Crippen LogP contribution in [0.4, 0.5) is 10.1 Å². The van der Waals surface area contributed by atoms with Crippen molar-refractivity contribution in [1.29, 1.82) is 5.41 Å². The molecule has 1 fully saturated rings. The normalized spacial score (nSPS) is 20.2. The Morgan fingerprint density at radius 2 is 2.11 bits per heavy atom. The summed E-state index contributed by atoms with van der Waals surface area (Å²) in [6, 6.07) is 3.84. The van der Waals surface area contributed by atoms with Gasteiger partial charge in [-0.2, -0.15) is 4.39 Å². The molecule has 0 unspecified atom stereocenters. The van der Waals surface area contributed by atoms with Crippen LogP contribution in [0.3, 0.4) is 0 Å². The van der Waals surface area contributed by atoms with E-state index in [1.54, 1.807) is 23.2 Å². The van der Waals surface area contributed by atoms with Gasteiger partial charge in [0.25, 0.3) is 5.91 Å². The van der Waals surface area contributed by atoms with Gasteiger partial charge in [0.1, 0.15) is 5.75 Å². The van der Waals surface area contributed by atoms with Gasteiger partial charge in [-0.05, 0) is 44.7 Å². The van der Waals surface area contributed by atoms with Crippen LogP contribution in [-0.4, -0.2) is 36.5 Å². The van der Waals surface area contributed by atoms with Crippen LogP contribution >= 0.6 is 0 Å². The van der Waals surface area contributed by atoms with Crippen molar-refractivity contribution < 1.29 is 18.7 Å². The molecule has 4 N–H and O–H groups in total. The molecule has 3 rings (SSSR count). The molecule has 7 nitrogen and oxygen atoms in total. The van der Waals surface area contributed by atoms with E-state index in [4.69, 9.17) is 15.9 Å². The van der Waals surface area contributed by atoms with Crippen molar-refractivity contribution in [3.05, 3.63) is 29.5 Å². The van der Waals surface area contributed by atoms with Crippen molar-refractivity contribution in [2.24, 2.45) is 5.73 Å². The minimum Gasteiger partial charge on any atom is -0.451 e. The van der Waals surface area contributed by atoms with Gasteiger partial charge in [-0.1, -0.05) is 0 Å². The molecule has 28 heavy (non-hydrogen) atoms. The Hall–Kier alpha value is -2.90. The number of carbonyl (C=O) groups is 2. The van der Waals surface area contributed by atoms with Crippen LogP contribution in [0.15, 0.2) is 18.3 Å². The summed E-state index contributed by atoms with van der Waals surface area (Å²) in [6.45, 7) is 3.42. The number of halogens is 1. The van der Waals surface area contributed by atoms with Gasteiger partial charge in [-0.25, -0.2) is 0 Å². The van der Waals surface area contributed by atoms with Crippen LogP contribution in [-0.2, 0) is 16.0 Å². The fourth-order valence-corrected chi connectivity index (χ4v) is 3.46. The molecule has 0 saturated heterocycles. The van der Waals surface area contributed by atoms with Gasteiger partial charge in [0.15, 0.2) is 0 Å². The number of anilines is 1. The molecule has 1 aromatic carbocycles. The maximum absolute atomic E-state index is 14.1. The predicted molar refractivity (Wildman–Crippen MR) is 105 cm³/mol. The zero-order valence-corrected chi connectivity index (χ0v) is 16.0. The number of hydrogen-bond acceptors (Lipinski definition) is 5. The highest BCUT2D eigenvalue weighted by atomic mass is 19.1. The number of rotatable bonds is 7. The van der Waals surface area contributed by atoms with Crippen molar-refractivity contribution in [1.82, 2.24) is 5.32 Å². The van der Waals surface area contributed by atoms with E-state index >= 15 is 0 Å². The quantitative estimate of drug-likeness (QED) is 0.623. The maximum atomic E-state index is 14.1. The zero-order valence-electron chi connectivity index (χ0n) is 16.0. The monoisotopic (exact) mass is 388 g/mol. The highest BCUT2D eigenvalue weighted by molar-refractivity contribution is 6.10. The Morgan fingerprint density at radius 1 is 1.39 bits per heavy atom. The Bertz CT molecular complexity index is 835. The number of nitrogens with one attached hydrogen (secondary N) is 2. The molecule has 2 aliphatic rings. The van der Waals surface area contributed by atoms with Crippen molar-refractivity contribution in [2.75, 3.05) is 4.90 Å². The first-order valence-electron chi connectivity index (χ1n) is 9.36. The minimum absolute atomic E-state index is 0.00435. The summed E-state index contributed by atoms with van der Waals surface area (Å²) in [5, 5.41) is 11.0. The van der Waals surface area contributed by atoms with Crippen molar-refractivity contribution >= 4 is 29.3 Å². The number of nitrogens with zero attached hydrogens (tertiary/aromatic N) is 1. The summed E-state index contributed by atoms with van der Waals surface area (Å²) in [5.41, 5.74) is 7.28. The number of hydrogen-bond donors (Lipinski definition) is 3. The van der Waals surface area contributed by atoms with E-state index in [0.717, 1.165) is 19.1 Å². The first-order valence-corrected chi connectivity index (χ1v) is 9.36. The number of primary amides is 1. The molecule has 0 radical (unpaired) electrons. The number of fused-ring (bicyclic) bond motifs is 1. The van der Waals surface area contributed by atoms with Crippen LogP contribution in [0.5, 0.6) is 5.75 Å². The van der Waals surface area contributed by atoms with E-state index in [2.05, 4.69) is 5.32 Å². The first kappa shape index (κ1) is 19.9. The van der Waals surface area contributed by atoms with Gasteiger partial charge < -0.3 is 26.1 Å². The van der Waals surface area contributed by atoms with E-state index in [0.29, 0.717) is 41.3 Å². The van der Waals surface area contributed by atoms with Crippen LogP contribution in [0.2, 0.25) is 0 Å². The summed E-state index contributed by atoms with van der Waals surface area (Å²) in [4.78, 5) is 25.1. The molecule has 1 heterocycles. The number of alkyl halides is 1. The topological polar surface area (TPSA) is 109 Å². The Kier molecular flexibility index (Phi) is 5.67. The summed E-state index contributed by atoms with van der Waals surface area (Å²) < 4.78 is 19.4. The third kappa shape index (κ3) is 4.00. The van der Waals surface area contributed by atoms with Crippen LogP contribution in [0, 0.1) is 5.41 Å². The number of benzene rings is 1. The molecule has 1 saturated carbocycles. The lowest BCUT2D eigenvalue weighted by Gasteiger charge is -2.36. The minimum atomic E-state index is -2.32. The van der Waals surface area contributed by atoms with Crippen molar-refractivity contribution in [3.8, 4) is 5.75 Å². The SMILES string of the molecule is CC(=O)N1c2ccc(/C(C=N)=C/NC3CC3)c(O[C@@H](F)C(N)=O)c2CC[C@@H]1C. The standard InChI is InChI=1S/C20H25FN4O3/c1-11-3-6-16-17(25(11)12(2)26)8-7-15(18(16)28-19(21)20(23)27)13(9-22)10-24-14-4-5-14/h7-11,14,19,22,24H,3-6H2,1-2H3,(H2,23,27)/b13-10+,22-9?/t11-,19+/m0/s1. The third-order valence-electron chi connectivity index (χ3n) is 5.05. The van der Waals surface area contributed by atoms with E-state index in [9.17, 15) is 14.0 Å². The summed E-state index contributed by atoms with van der Waals surface area (Å²) in [7, 11) is 0. The van der Waals surface area contributed by atoms with Gasteiger partial charge >= 0.3 is 6.36 Å². The molecular weight excluding hydrogens is 363 g/mol. The highest BCUT2D eigenvalue weighted by Gasteiger charge is 2.31. The number of allylic oxidation sites excluding steroid dienone is 1. The second-order valence-electron chi connectivity index (χ2n) is 7.24.